The lowest BCUT2D eigenvalue weighted by molar-refractivity contribution is 0.655. The fourth-order valence-corrected chi connectivity index (χ4v) is 2.78. The number of hydrogen-bond acceptors (Lipinski definition) is 1. The van der Waals surface area contributed by atoms with Crippen molar-refractivity contribution in [3.8, 4) is 0 Å². The first-order valence-corrected chi connectivity index (χ1v) is 6.51. The largest absolute Gasteiger partial charge is 0.310 e. The van der Waals surface area contributed by atoms with Crippen LogP contribution in [-0.4, -0.2) is 7.05 Å². The maximum Gasteiger partial charge on any atom is 0.0533 e. The van der Waals surface area contributed by atoms with Gasteiger partial charge in [-0.25, -0.2) is 0 Å². The third kappa shape index (κ3) is 2.61. The number of allylic oxidation sites excluding steroid dienone is 1. The SMILES string of the molecule is CNC(C1=CCCC1)c1cccc(I)c1. The summed E-state index contributed by atoms with van der Waals surface area (Å²) in [6.45, 7) is 0. The molecule has 1 nitrogen and oxygen atoms in total. The minimum Gasteiger partial charge on any atom is -0.310 e. The molecule has 1 aromatic rings. The van der Waals surface area contributed by atoms with E-state index < -0.39 is 0 Å². The van der Waals surface area contributed by atoms with Gasteiger partial charge >= 0.3 is 0 Å². The molecule has 0 aliphatic heterocycles. The summed E-state index contributed by atoms with van der Waals surface area (Å²) in [6.07, 6.45) is 6.20. The van der Waals surface area contributed by atoms with E-state index in [4.69, 9.17) is 0 Å². The van der Waals surface area contributed by atoms with E-state index in [0.717, 1.165) is 0 Å². The molecule has 1 unspecified atom stereocenters. The van der Waals surface area contributed by atoms with Gasteiger partial charge in [0.15, 0.2) is 0 Å². The number of halogens is 1. The van der Waals surface area contributed by atoms with E-state index in [1.807, 2.05) is 7.05 Å². The molecule has 2 heteroatoms. The number of benzene rings is 1. The van der Waals surface area contributed by atoms with Crippen molar-refractivity contribution >= 4 is 22.6 Å². The van der Waals surface area contributed by atoms with Gasteiger partial charge in [-0.05, 0) is 66.6 Å². The van der Waals surface area contributed by atoms with Gasteiger partial charge < -0.3 is 5.32 Å². The van der Waals surface area contributed by atoms with Crippen LogP contribution in [0.15, 0.2) is 35.9 Å². The minimum absolute atomic E-state index is 0.419. The van der Waals surface area contributed by atoms with Gasteiger partial charge in [-0.15, -0.1) is 0 Å². The van der Waals surface area contributed by atoms with Gasteiger partial charge in [0, 0.05) is 3.57 Å². The molecule has 0 spiro atoms. The first-order chi connectivity index (χ1) is 7.31. The van der Waals surface area contributed by atoms with E-state index in [2.05, 4.69) is 58.2 Å². The summed E-state index contributed by atoms with van der Waals surface area (Å²) in [7, 11) is 2.05. The smallest absolute Gasteiger partial charge is 0.0533 e. The molecule has 0 fully saturated rings. The van der Waals surface area contributed by atoms with Crippen LogP contribution in [0, 0.1) is 3.57 Å². The fraction of sp³-hybridized carbons (Fsp3) is 0.385. The van der Waals surface area contributed by atoms with Crippen molar-refractivity contribution < 1.29 is 0 Å². The summed E-state index contributed by atoms with van der Waals surface area (Å²) >= 11 is 2.37. The zero-order valence-corrected chi connectivity index (χ0v) is 11.1. The van der Waals surface area contributed by atoms with Crippen molar-refractivity contribution in [2.24, 2.45) is 0 Å². The second kappa shape index (κ2) is 5.12. The molecule has 80 valence electrons. The predicted molar refractivity (Wildman–Crippen MR) is 72.9 cm³/mol. The molecule has 2 rings (SSSR count). The highest BCUT2D eigenvalue weighted by atomic mass is 127. The second-order valence-electron chi connectivity index (χ2n) is 3.95. The Morgan fingerprint density at radius 3 is 2.87 bits per heavy atom. The molecule has 0 amide bonds. The van der Waals surface area contributed by atoms with Crippen LogP contribution in [0.2, 0.25) is 0 Å². The molecule has 1 aliphatic carbocycles. The monoisotopic (exact) mass is 313 g/mol. The maximum atomic E-state index is 3.42. The van der Waals surface area contributed by atoms with Crippen LogP contribution in [0.5, 0.6) is 0 Å². The predicted octanol–water partition coefficient (Wildman–Crippen LogP) is 3.66. The topological polar surface area (TPSA) is 12.0 Å². The van der Waals surface area contributed by atoms with Gasteiger partial charge in [-0.3, -0.25) is 0 Å². The van der Waals surface area contributed by atoms with Crippen LogP contribution in [-0.2, 0) is 0 Å². The van der Waals surface area contributed by atoms with Gasteiger partial charge in [0.25, 0.3) is 0 Å². The molecule has 0 aromatic heterocycles. The van der Waals surface area contributed by atoms with Crippen molar-refractivity contribution in [3.63, 3.8) is 0 Å². The Morgan fingerprint density at radius 1 is 1.40 bits per heavy atom. The summed E-state index contributed by atoms with van der Waals surface area (Å²) in [5.41, 5.74) is 2.94. The number of hydrogen-bond donors (Lipinski definition) is 1. The first kappa shape index (κ1) is 11.1. The summed E-state index contributed by atoms with van der Waals surface area (Å²) < 4.78 is 1.31. The average molecular weight is 313 g/mol. The van der Waals surface area contributed by atoms with E-state index in [1.54, 1.807) is 5.57 Å². The molecule has 15 heavy (non-hydrogen) atoms. The van der Waals surface area contributed by atoms with Crippen molar-refractivity contribution in [1.29, 1.82) is 0 Å². The lowest BCUT2D eigenvalue weighted by Gasteiger charge is -2.18. The standard InChI is InChI=1S/C13H16IN/c1-15-13(10-5-2-3-6-10)11-7-4-8-12(14)9-11/h4-5,7-9,13,15H,2-3,6H2,1H3. The molecule has 1 N–H and O–H groups in total. The third-order valence-electron chi connectivity index (χ3n) is 2.92. The first-order valence-electron chi connectivity index (χ1n) is 5.43. The second-order valence-corrected chi connectivity index (χ2v) is 5.19. The van der Waals surface area contributed by atoms with E-state index in [1.165, 1.54) is 28.4 Å². The molecule has 0 heterocycles. The van der Waals surface area contributed by atoms with Crippen molar-refractivity contribution in [3.05, 3.63) is 45.0 Å². The van der Waals surface area contributed by atoms with Crippen molar-refractivity contribution in [2.75, 3.05) is 7.05 Å². The normalized spacial score (nSPS) is 17.6. The van der Waals surface area contributed by atoms with Crippen LogP contribution < -0.4 is 5.32 Å². The highest BCUT2D eigenvalue weighted by molar-refractivity contribution is 14.1. The summed E-state index contributed by atoms with van der Waals surface area (Å²) in [5, 5.41) is 3.42. The molecule has 0 saturated carbocycles. The summed E-state index contributed by atoms with van der Waals surface area (Å²) in [6, 6.07) is 9.17. The lowest BCUT2D eigenvalue weighted by atomic mass is 9.98. The minimum atomic E-state index is 0.419. The molecular formula is C13H16IN. The Bertz CT molecular complexity index is 371. The van der Waals surface area contributed by atoms with Gasteiger partial charge in [-0.2, -0.15) is 0 Å². The number of nitrogens with one attached hydrogen (secondary N) is 1. The van der Waals surface area contributed by atoms with Gasteiger partial charge in [0.2, 0.25) is 0 Å². The Morgan fingerprint density at radius 2 is 2.27 bits per heavy atom. The third-order valence-corrected chi connectivity index (χ3v) is 3.59. The zero-order chi connectivity index (χ0) is 10.7. The Balaban J connectivity index is 2.26. The summed E-state index contributed by atoms with van der Waals surface area (Å²) in [5.74, 6) is 0. The van der Waals surface area contributed by atoms with Gasteiger partial charge in [0.05, 0.1) is 6.04 Å². The quantitative estimate of drug-likeness (QED) is 0.663. The van der Waals surface area contributed by atoms with Crippen molar-refractivity contribution in [2.45, 2.75) is 25.3 Å². The number of likely N-dealkylation sites (N-methyl/N-ethyl adjacent to an activating group) is 1. The molecule has 1 aliphatic rings. The van der Waals surface area contributed by atoms with E-state index in [9.17, 15) is 0 Å². The molecule has 1 atom stereocenters. The summed E-state index contributed by atoms with van der Waals surface area (Å²) in [4.78, 5) is 0. The maximum absolute atomic E-state index is 3.42. The number of rotatable bonds is 3. The van der Waals surface area contributed by atoms with Crippen LogP contribution in [0.25, 0.3) is 0 Å². The zero-order valence-electron chi connectivity index (χ0n) is 8.96. The highest BCUT2D eigenvalue weighted by Gasteiger charge is 2.16. The average Bonchev–Trinajstić information content (AvgIpc) is 2.72. The molecule has 0 bridgehead atoms. The Labute approximate surface area is 105 Å². The van der Waals surface area contributed by atoms with E-state index in [0.29, 0.717) is 6.04 Å². The lowest BCUT2D eigenvalue weighted by Crippen LogP contribution is -2.18. The van der Waals surface area contributed by atoms with E-state index >= 15 is 0 Å². The molecule has 0 radical (unpaired) electrons. The van der Waals surface area contributed by atoms with Crippen LogP contribution in [0.1, 0.15) is 30.9 Å². The Kier molecular flexibility index (Phi) is 3.81. The highest BCUT2D eigenvalue weighted by Crippen LogP contribution is 2.30. The molecule has 0 saturated heterocycles. The fourth-order valence-electron chi connectivity index (χ4n) is 2.21. The van der Waals surface area contributed by atoms with Crippen LogP contribution in [0.3, 0.4) is 0 Å². The van der Waals surface area contributed by atoms with E-state index in [-0.39, 0.29) is 0 Å². The molecule has 1 aromatic carbocycles. The molecular weight excluding hydrogens is 297 g/mol. The van der Waals surface area contributed by atoms with Gasteiger partial charge in [-0.1, -0.05) is 23.8 Å². The van der Waals surface area contributed by atoms with Crippen LogP contribution in [0.4, 0.5) is 0 Å². The van der Waals surface area contributed by atoms with Crippen molar-refractivity contribution in [1.82, 2.24) is 5.32 Å². The Hall–Kier alpha value is -0.350. The van der Waals surface area contributed by atoms with Gasteiger partial charge in [0.1, 0.15) is 0 Å². The van der Waals surface area contributed by atoms with Crippen LogP contribution >= 0.6 is 22.6 Å².